The van der Waals surface area contributed by atoms with Crippen LogP contribution in [0.2, 0.25) is 0 Å². The molecule has 4 nitrogen and oxygen atoms in total. The van der Waals surface area contributed by atoms with Gasteiger partial charge in [0, 0.05) is 12.6 Å². The fraction of sp³-hybridized carbons (Fsp3) is 0.538. The van der Waals surface area contributed by atoms with E-state index in [1.54, 1.807) is 14.2 Å². The van der Waals surface area contributed by atoms with Gasteiger partial charge in [-0.05, 0) is 37.6 Å². The lowest BCUT2D eigenvalue weighted by atomic mass is 10.1. The van der Waals surface area contributed by atoms with Gasteiger partial charge in [-0.2, -0.15) is 0 Å². The molecule has 0 unspecified atom stereocenters. The zero-order chi connectivity index (χ0) is 12.7. The summed E-state index contributed by atoms with van der Waals surface area (Å²) in [5.74, 6) is 1.54. The molecule has 0 fully saturated rings. The Morgan fingerprint density at radius 3 is 2.53 bits per heavy atom. The summed E-state index contributed by atoms with van der Waals surface area (Å²) < 4.78 is 10.5. The second kappa shape index (κ2) is 7.14. The predicted molar refractivity (Wildman–Crippen MR) is 69.8 cm³/mol. The number of methoxy groups -OCH3 is 2. The fourth-order valence-corrected chi connectivity index (χ4v) is 1.58. The molecule has 0 aliphatic rings. The first-order valence-electron chi connectivity index (χ1n) is 5.85. The van der Waals surface area contributed by atoms with E-state index < -0.39 is 0 Å². The molecule has 0 amide bonds. The van der Waals surface area contributed by atoms with Crippen LogP contribution in [0.3, 0.4) is 0 Å². The van der Waals surface area contributed by atoms with Crippen molar-refractivity contribution in [3.8, 4) is 11.5 Å². The average molecular weight is 238 g/mol. The standard InChI is InChI=1S/C13H22N2O2/c1-10(9-14)15-7-6-11-4-5-12(16-2)13(8-11)17-3/h4-5,8,10,15H,6-7,9,14H2,1-3H3/t10-/m0/s1. The first-order valence-corrected chi connectivity index (χ1v) is 5.85. The maximum absolute atomic E-state index is 5.54. The Morgan fingerprint density at radius 2 is 1.94 bits per heavy atom. The Hall–Kier alpha value is -1.26. The highest BCUT2D eigenvalue weighted by Gasteiger charge is 2.04. The number of ether oxygens (including phenoxy) is 2. The van der Waals surface area contributed by atoms with Gasteiger partial charge in [0.15, 0.2) is 11.5 Å². The highest BCUT2D eigenvalue weighted by Crippen LogP contribution is 2.27. The average Bonchev–Trinajstić information content (AvgIpc) is 2.38. The van der Waals surface area contributed by atoms with Crippen LogP contribution in [0.15, 0.2) is 18.2 Å². The number of rotatable bonds is 7. The van der Waals surface area contributed by atoms with E-state index in [0.717, 1.165) is 24.5 Å². The highest BCUT2D eigenvalue weighted by molar-refractivity contribution is 5.42. The molecule has 1 aromatic rings. The Morgan fingerprint density at radius 1 is 1.24 bits per heavy atom. The molecule has 4 heteroatoms. The number of hydrogen-bond acceptors (Lipinski definition) is 4. The van der Waals surface area contributed by atoms with E-state index in [9.17, 15) is 0 Å². The van der Waals surface area contributed by atoms with Crippen molar-refractivity contribution in [2.24, 2.45) is 5.73 Å². The van der Waals surface area contributed by atoms with Gasteiger partial charge in [-0.15, -0.1) is 0 Å². The van der Waals surface area contributed by atoms with E-state index in [4.69, 9.17) is 15.2 Å². The summed E-state index contributed by atoms with van der Waals surface area (Å²) in [5, 5.41) is 3.35. The summed E-state index contributed by atoms with van der Waals surface area (Å²) in [7, 11) is 3.29. The number of benzene rings is 1. The lowest BCUT2D eigenvalue weighted by Crippen LogP contribution is -2.34. The molecule has 96 valence electrons. The Labute approximate surface area is 103 Å². The summed E-state index contributed by atoms with van der Waals surface area (Å²) in [6.07, 6.45) is 0.949. The van der Waals surface area contributed by atoms with E-state index >= 15 is 0 Å². The molecule has 0 aliphatic heterocycles. The van der Waals surface area contributed by atoms with Crippen LogP contribution in [0.25, 0.3) is 0 Å². The van der Waals surface area contributed by atoms with Crippen molar-refractivity contribution >= 4 is 0 Å². The monoisotopic (exact) mass is 238 g/mol. The van der Waals surface area contributed by atoms with E-state index in [-0.39, 0.29) is 0 Å². The van der Waals surface area contributed by atoms with Crippen molar-refractivity contribution in [1.82, 2.24) is 5.32 Å². The van der Waals surface area contributed by atoms with Crippen LogP contribution in [0.1, 0.15) is 12.5 Å². The molecule has 0 saturated heterocycles. The second-order valence-electron chi connectivity index (χ2n) is 4.03. The summed E-state index contributed by atoms with van der Waals surface area (Å²) in [5.41, 5.74) is 6.76. The SMILES string of the molecule is COc1ccc(CCN[C@@H](C)CN)cc1OC. The van der Waals surface area contributed by atoms with Gasteiger partial charge in [-0.3, -0.25) is 0 Å². The Kier molecular flexibility index (Phi) is 5.80. The van der Waals surface area contributed by atoms with Gasteiger partial charge >= 0.3 is 0 Å². The van der Waals surface area contributed by atoms with E-state index in [2.05, 4.69) is 18.3 Å². The molecule has 0 saturated carbocycles. The van der Waals surface area contributed by atoms with E-state index in [1.165, 1.54) is 5.56 Å². The van der Waals surface area contributed by atoms with E-state index in [0.29, 0.717) is 12.6 Å². The van der Waals surface area contributed by atoms with Crippen LogP contribution in [0.4, 0.5) is 0 Å². The lowest BCUT2D eigenvalue weighted by molar-refractivity contribution is 0.354. The van der Waals surface area contributed by atoms with Crippen molar-refractivity contribution < 1.29 is 9.47 Å². The third kappa shape index (κ3) is 4.24. The molecule has 0 aromatic heterocycles. The molecule has 0 bridgehead atoms. The van der Waals surface area contributed by atoms with Crippen molar-refractivity contribution in [2.75, 3.05) is 27.3 Å². The lowest BCUT2D eigenvalue weighted by Gasteiger charge is -2.12. The molecule has 1 atom stereocenters. The maximum Gasteiger partial charge on any atom is 0.160 e. The molecular formula is C13H22N2O2. The first-order chi connectivity index (χ1) is 8.21. The van der Waals surface area contributed by atoms with Gasteiger partial charge in [0.1, 0.15) is 0 Å². The van der Waals surface area contributed by atoms with Gasteiger partial charge in [0.25, 0.3) is 0 Å². The Bertz CT molecular complexity index is 342. The van der Waals surface area contributed by atoms with Crippen LogP contribution < -0.4 is 20.5 Å². The third-order valence-corrected chi connectivity index (χ3v) is 2.71. The predicted octanol–water partition coefficient (Wildman–Crippen LogP) is 1.18. The number of hydrogen-bond donors (Lipinski definition) is 2. The zero-order valence-corrected chi connectivity index (χ0v) is 10.8. The smallest absolute Gasteiger partial charge is 0.160 e. The van der Waals surface area contributed by atoms with Gasteiger partial charge in [-0.25, -0.2) is 0 Å². The summed E-state index contributed by atoms with van der Waals surface area (Å²) >= 11 is 0. The minimum absolute atomic E-state index is 0.357. The number of nitrogens with two attached hydrogens (primary N) is 1. The minimum Gasteiger partial charge on any atom is -0.493 e. The molecule has 17 heavy (non-hydrogen) atoms. The molecule has 1 aromatic carbocycles. The molecule has 3 N–H and O–H groups in total. The molecule has 0 aliphatic carbocycles. The fourth-order valence-electron chi connectivity index (χ4n) is 1.58. The van der Waals surface area contributed by atoms with Crippen LogP contribution in [0, 0.1) is 0 Å². The topological polar surface area (TPSA) is 56.5 Å². The quantitative estimate of drug-likeness (QED) is 0.749. The zero-order valence-electron chi connectivity index (χ0n) is 10.8. The van der Waals surface area contributed by atoms with Crippen molar-refractivity contribution in [1.29, 1.82) is 0 Å². The van der Waals surface area contributed by atoms with Crippen LogP contribution in [-0.4, -0.2) is 33.4 Å². The molecule has 1 rings (SSSR count). The van der Waals surface area contributed by atoms with Gasteiger partial charge < -0.3 is 20.5 Å². The van der Waals surface area contributed by atoms with Crippen LogP contribution >= 0.6 is 0 Å². The molecule has 0 heterocycles. The van der Waals surface area contributed by atoms with Crippen molar-refractivity contribution in [2.45, 2.75) is 19.4 Å². The van der Waals surface area contributed by atoms with E-state index in [1.807, 2.05) is 12.1 Å². The molecule has 0 spiro atoms. The van der Waals surface area contributed by atoms with Gasteiger partial charge in [-0.1, -0.05) is 6.07 Å². The highest BCUT2D eigenvalue weighted by atomic mass is 16.5. The van der Waals surface area contributed by atoms with Crippen molar-refractivity contribution in [3.63, 3.8) is 0 Å². The Balaban J connectivity index is 2.54. The second-order valence-corrected chi connectivity index (χ2v) is 4.03. The summed E-state index contributed by atoms with van der Waals surface area (Å²) in [6, 6.07) is 6.35. The minimum atomic E-state index is 0.357. The van der Waals surface area contributed by atoms with Crippen LogP contribution in [0.5, 0.6) is 11.5 Å². The van der Waals surface area contributed by atoms with Crippen LogP contribution in [-0.2, 0) is 6.42 Å². The maximum atomic E-state index is 5.54. The first kappa shape index (κ1) is 13.8. The largest absolute Gasteiger partial charge is 0.493 e. The summed E-state index contributed by atoms with van der Waals surface area (Å²) in [6.45, 7) is 3.65. The van der Waals surface area contributed by atoms with Gasteiger partial charge in [0.2, 0.25) is 0 Å². The van der Waals surface area contributed by atoms with Crippen molar-refractivity contribution in [3.05, 3.63) is 23.8 Å². The third-order valence-electron chi connectivity index (χ3n) is 2.71. The normalized spacial score (nSPS) is 12.2. The number of nitrogens with one attached hydrogen (secondary N) is 1. The summed E-state index contributed by atoms with van der Waals surface area (Å²) in [4.78, 5) is 0. The molecule has 0 radical (unpaired) electrons. The molecular weight excluding hydrogens is 216 g/mol. The van der Waals surface area contributed by atoms with Gasteiger partial charge in [0.05, 0.1) is 14.2 Å².